The highest BCUT2D eigenvalue weighted by Gasteiger charge is 2.06. The van der Waals surface area contributed by atoms with Crippen LogP contribution in [0.3, 0.4) is 0 Å². The number of nitrogens with zero attached hydrogens (tertiary/aromatic N) is 1. The summed E-state index contributed by atoms with van der Waals surface area (Å²) in [6.07, 6.45) is 0.234. The lowest BCUT2D eigenvalue weighted by Gasteiger charge is -2.13. The van der Waals surface area contributed by atoms with Crippen molar-refractivity contribution in [1.82, 2.24) is 10.6 Å². The Morgan fingerprint density at radius 1 is 1.28 bits per heavy atom. The van der Waals surface area contributed by atoms with Crippen LogP contribution in [-0.2, 0) is 0 Å². The van der Waals surface area contributed by atoms with Gasteiger partial charge in [-0.2, -0.15) is 0 Å². The zero-order valence-corrected chi connectivity index (χ0v) is 13.2. The molecule has 0 saturated heterocycles. The van der Waals surface area contributed by atoms with Gasteiger partial charge in [0.1, 0.15) is 0 Å². The molecule has 1 aromatic carbocycles. The van der Waals surface area contributed by atoms with Gasteiger partial charge >= 0.3 is 0 Å². The fraction of sp³-hybridized carbons (Fsp3) is 0.462. The van der Waals surface area contributed by atoms with Crippen molar-refractivity contribution in [2.45, 2.75) is 19.4 Å². The molecule has 102 valence electrons. The van der Waals surface area contributed by atoms with Crippen molar-refractivity contribution in [3.05, 3.63) is 35.9 Å². The molecule has 0 fully saturated rings. The third-order valence-corrected chi connectivity index (χ3v) is 2.46. The minimum Gasteiger partial charge on any atom is -0.388 e. The first-order valence-electron chi connectivity index (χ1n) is 5.95. The average Bonchev–Trinajstić information content (AvgIpc) is 2.38. The summed E-state index contributed by atoms with van der Waals surface area (Å²) in [5, 5.41) is 16.2. The molecule has 0 radical (unpaired) electrons. The van der Waals surface area contributed by atoms with Gasteiger partial charge < -0.3 is 15.7 Å². The normalized spacial score (nSPS) is 12.5. The van der Waals surface area contributed by atoms with Crippen molar-refractivity contribution in [3.8, 4) is 0 Å². The summed E-state index contributed by atoms with van der Waals surface area (Å²) in [7, 11) is 1.73. The Bertz CT molecular complexity index is 343. The van der Waals surface area contributed by atoms with Crippen molar-refractivity contribution in [1.29, 1.82) is 0 Å². The van der Waals surface area contributed by atoms with Crippen molar-refractivity contribution >= 4 is 29.9 Å². The van der Waals surface area contributed by atoms with Crippen LogP contribution in [0.4, 0.5) is 0 Å². The Morgan fingerprint density at radius 2 is 1.94 bits per heavy atom. The van der Waals surface area contributed by atoms with Crippen LogP contribution in [0, 0.1) is 0 Å². The molecule has 1 unspecified atom stereocenters. The maximum Gasteiger partial charge on any atom is 0.190 e. The molecular weight excluding hydrogens is 341 g/mol. The first-order chi connectivity index (χ1) is 8.27. The molecule has 1 aromatic rings. The fourth-order valence-electron chi connectivity index (χ4n) is 1.56. The quantitative estimate of drug-likeness (QED) is 0.426. The number of hydrogen-bond donors (Lipinski definition) is 3. The second-order valence-electron chi connectivity index (χ2n) is 3.74. The molecule has 1 atom stereocenters. The zero-order chi connectivity index (χ0) is 12.5. The highest BCUT2D eigenvalue weighted by atomic mass is 127. The van der Waals surface area contributed by atoms with Crippen molar-refractivity contribution in [2.75, 3.05) is 20.1 Å². The molecule has 0 amide bonds. The van der Waals surface area contributed by atoms with Crippen LogP contribution in [0.25, 0.3) is 0 Å². The van der Waals surface area contributed by atoms with E-state index in [1.165, 1.54) is 0 Å². The highest BCUT2D eigenvalue weighted by molar-refractivity contribution is 14.0. The Labute approximate surface area is 126 Å². The van der Waals surface area contributed by atoms with Gasteiger partial charge in [-0.3, -0.25) is 4.99 Å². The molecular formula is C13H22IN3O. The molecule has 0 bridgehead atoms. The van der Waals surface area contributed by atoms with E-state index in [0.717, 1.165) is 18.1 Å². The van der Waals surface area contributed by atoms with E-state index in [-0.39, 0.29) is 24.0 Å². The fourth-order valence-corrected chi connectivity index (χ4v) is 1.56. The van der Waals surface area contributed by atoms with Gasteiger partial charge in [0.15, 0.2) is 5.96 Å². The highest BCUT2D eigenvalue weighted by Crippen LogP contribution is 2.14. The zero-order valence-electron chi connectivity index (χ0n) is 10.9. The largest absolute Gasteiger partial charge is 0.388 e. The third-order valence-electron chi connectivity index (χ3n) is 2.46. The van der Waals surface area contributed by atoms with Gasteiger partial charge in [-0.15, -0.1) is 24.0 Å². The summed E-state index contributed by atoms with van der Waals surface area (Å²) in [6.45, 7) is 3.54. The SMILES string of the molecule is CCNC(=NC)NCCC(O)c1ccccc1.I. The second kappa shape index (κ2) is 10.1. The molecule has 5 heteroatoms. The number of aliphatic hydroxyl groups excluding tert-OH is 1. The summed E-state index contributed by atoms with van der Waals surface area (Å²) in [4.78, 5) is 4.06. The van der Waals surface area contributed by atoms with E-state index in [1.54, 1.807) is 7.05 Å². The Morgan fingerprint density at radius 3 is 2.50 bits per heavy atom. The van der Waals surface area contributed by atoms with E-state index < -0.39 is 6.10 Å². The number of aliphatic hydroxyl groups is 1. The van der Waals surface area contributed by atoms with Crippen LogP contribution < -0.4 is 10.6 Å². The summed E-state index contributed by atoms with van der Waals surface area (Å²) < 4.78 is 0. The third kappa shape index (κ3) is 6.20. The number of aliphatic imine (C=N–C) groups is 1. The molecule has 0 heterocycles. The molecule has 0 aliphatic carbocycles. The van der Waals surface area contributed by atoms with Gasteiger partial charge in [0, 0.05) is 20.1 Å². The minimum absolute atomic E-state index is 0. The molecule has 0 aliphatic rings. The Kier molecular flexibility index (Phi) is 9.67. The first kappa shape index (κ1) is 17.2. The van der Waals surface area contributed by atoms with Gasteiger partial charge in [0.05, 0.1) is 6.10 Å². The predicted molar refractivity (Wildman–Crippen MR) is 86.5 cm³/mol. The molecule has 0 saturated carbocycles. The summed E-state index contributed by atoms with van der Waals surface area (Å²) in [5.41, 5.74) is 0.952. The van der Waals surface area contributed by atoms with E-state index in [2.05, 4.69) is 15.6 Å². The minimum atomic E-state index is -0.427. The van der Waals surface area contributed by atoms with Gasteiger partial charge in [0.25, 0.3) is 0 Å². The molecule has 4 nitrogen and oxygen atoms in total. The molecule has 0 aliphatic heterocycles. The van der Waals surface area contributed by atoms with Gasteiger partial charge in [0.2, 0.25) is 0 Å². The average molecular weight is 363 g/mol. The lowest BCUT2D eigenvalue weighted by Crippen LogP contribution is -2.37. The lowest BCUT2D eigenvalue weighted by atomic mass is 10.1. The number of halogens is 1. The number of rotatable bonds is 5. The molecule has 18 heavy (non-hydrogen) atoms. The van der Waals surface area contributed by atoms with Crippen LogP contribution >= 0.6 is 24.0 Å². The van der Waals surface area contributed by atoms with Gasteiger partial charge in [-0.25, -0.2) is 0 Å². The van der Waals surface area contributed by atoms with Crippen LogP contribution in [0.15, 0.2) is 35.3 Å². The maximum absolute atomic E-state index is 9.94. The summed E-state index contributed by atoms with van der Waals surface area (Å²) >= 11 is 0. The molecule has 0 aromatic heterocycles. The number of guanidine groups is 1. The standard InChI is InChI=1S/C13H21N3O.HI/c1-3-15-13(14-2)16-10-9-12(17)11-7-5-4-6-8-11;/h4-8,12,17H,3,9-10H2,1-2H3,(H2,14,15,16);1H. The van der Waals surface area contributed by atoms with Crippen LogP contribution in [-0.4, -0.2) is 31.2 Å². The van der Waals surface area contributed by atoms with E-state index in [9.17, 15) is 5.11 Å². The van der Waals surface area contributed by atoms with Crippen LogP contribution in [0.2, 0.25) is 0 Å². The van der Waals surface area contributed by atoms with Crippen LogP contribution in [0.1, 0.15) is 25.0 Å². The topological polar surface area (TPSA) is 56.7 Å². The lowest BCUT2D eigenvalue weighted by molar-refractivity contribution is 0.168. The first-order valence-corrected chi connectivity index (χ1v) is 5.95. The number of nitrogens with one attached hydrogen (secondary N) is 2. The van der Waals surface area contributed by atoms with Crippen LogP contribution in [0.5, 0.6) is 0 Å². The predicted octanol–water partition coefficient (Wildman–Crippen LogP) is 1.91. The number of hydrogen-bond acceptors (Lipinski definition) is 2. The number of benzene rings is 1. The van der Waals surface area contributed by atoms with E-state index in [1.807, 2.05) is 37.3 Å². The van der Waals surface area contributed by atoms with E-state index in [0.29, 0.717) is 13.0 Å². The van der Waals surface area contributed by atoms with Gasteiger partial charge in [-0.1, -0.05) is 30.3 Å². The van der Waals surface area contributed by atoms with E-state index in [4.69, 9.17) is 0 Å². The summed E-state index contributed by atoms with van der Waals surface area (Å²) in [6, 6.07) is 9.68. The second-order valence-corrected chi connectivity index (χ2v) is 3.74. The smallest absolute Gasteiger partial charge is 0.190 e. The van der Waals surface area contributed by atoms with Crippen molar-refractivity contribution in [2.24, 2.45) is 4.99 Å². The monoisotopic (exact) mass is 363 g/mol. The van der Waals surface area contributed by atoms with E-state index >= 15 is 0 Å². The van der Waals surface area contributed by atoms with Gasteiger partial charge in [-0.05, 0) is 18.9 Å². The molecule has 1 rings (SSSR count). The summed E-state index contributed by atoms with van der Waals surface area (Å²) in [5.74, 6) is 0.771. The molecule has 3 N–H and O–H groups in total. The Hall–Kier alpha value is -0.820. The Balaban J connectivity index is 0.00000289. The molecule has 0 spiro atoms. The van der Waals surface area contributed by atoms with Crippen molar-refractivity contribution in [3.63, 3.8) is 0 Å². The maximum atomic E-state index is 9.94. The van der Waals surface area contributed by atoms with Crippen molar-refractivity contribution < 1.29 is 5.11 Å².